The SMILES string of the molecule is CC(C)[C@H](NC(=O)N(C)Cc1ccccn1)C(=O)N[C@@H](Cc1ccccc1)[C@H](O)[C@@H](O)[C@@H](N)Cc1ccccc1. The standard InChI is InChI=1S/C31H41N5O4/c1-21(2)27(35-31(40)36(3)20-24-16-10-11-17-33-24)30(39)34-26(19-23-14-8-5-9-15-23)29(38)28(37)25(32)18-22-12-6-4-7-13-22/h4-17,21,25-29,37-38H,18-20,32H2,1-3H3,(H,34,39)(H,35,40)/t25-,26-,27-,28-,29-/m0/s1. The Morgan fingerprint density at radius 1 is 0.850 bits per heavy atom. The normalized spacial score (nSPS) is 15.0. The summed E-state index contributed by atoms with van der Waals surface area (Å²) in [6.45, 7) is 3.94. The van der Waals surface area contributed by atoms with Gasteiger partial charge < -0.3 is 31.5 Å². The van der Waals surface area contributed by atoms with Crippen LogP contribution in [0.4, 0.5) is 4.79 Å². The van der Waals surface area contributed by atoms with Crippen LogP contribution in [-0.4, -0.2) is 69.4 Å². The molecule has 0 aliphatic heterocycles. The maximum atomic E-state index is 13.5. The van der Waals surface area contributed by atoms with E-state index >= 15 is 0 Å². The number of carbonyl (C=O) groups excluding carboxylic acids is 2. The number of urea groups is 1. The zero-order chi connectivity index (χ0) is 29.1. The molecule has 0 unspecified atom stereocenters. The number of hydrogen-bond donors (Lipinski definition) is 5. The van der Waals surface area contributed by atoms with Gasteiger partial charge in [0, 0.05) is 19.3 Å². The van der Waals surface area contributed by atoms with Crippen molar-refractivity contribution in [2.45, 2.75) is 63.6 Å². The number of pyridine rings is 1. The Balaban J connectivity index is 1.72. The molecule has 0 aliphatic carbocycles. The molecule has 3 amide bonds. The summed E-state index contributed by atoms with van der Waals surface area (Å²) in [4.78, 5) is 32.2. The maximum absolute atomic E-state index is 13.5. The van der Waals surface area contributed by atoms with Gasteiger partial charge in [0.15, 0.2) is 0 Å². The number of carbonyl (C=O) groups is 2. The number of nitrogens with two attached hydrogens (primary N) is 1. The third-order valence-electron chi connectivity index (χ3n) is 6.84. The first kappa shape index (κ1) is 30.7. The summed E-state index contributed by atoms with van der Waals surface area (Å²) in [6, 6.07) is 21.4. The minimum Gasteiger partial charge on any atom is -0.389 e. The summed E-state index contributed by atoms with van der Waals surface area (Å²) in [5.74, 6) is -0.703. The minimum absolute atomic E-state index is 0.244. The lowest BCUT2D eigenvalue weighted by Gasteiger charge is -2.33. The zero-order valence-electron chi connectivity index (χ0n) is 23.4. The highest BCUT2D eigenvalue weighted by atomic mass is 16.3. The van der Waals surface area contributed by atoms with Gasteiger partial charge in [-0.05, 0) is 42.0 Å². The van der Waals surface area contributed by atoms with Gasteiger partial charge in [-0.25, -0.2) is 4.79 Å². The Morgan fingerprint density at radius 3 is 1.98 bits per heavy atom. The van der Waals surface area contributed by atoms with Crippen molar-refractivity contribution in [3.8, 4) is 0 Å². The van der Waals surface area contributed by atoms with Crippen LogP contribution in [0.2, 0.25) is 0 Å². The van der Waals surface area contributed by atoms with Crippen LogP contribution in [0.3, 0.4) is 0 Å². The van der Waals surface area contributed by atoms with Gasteiger partial charge in [-0.1, -0.05) is 80.6 Å². The van der Waals surface area contributed by atoms with E-state index in [0.717, 1.165) is 16.8 Å². The Labute approximate surface area is 236 Å². The molecule has 214 valence electrons. The summed E-state index contributed by atoms with van der Waals surface area (Å²) in [5.41, 5.74) is 8.82. The molecule has 0 aliphatic rings. The molecule has 0 saturated heterocycles. The number of aliphatic hydroxyl groups excluding tert-OH is 2. The van der Waals surface area contributed by atoms with Gasteiger partial charge in [-0.2, -0.15) is 0 Å². The molecule has 1 aromatic heterocycles. The van der Waals surface area contributed by atoms with E-state index in [4.69, 9.17) is 5.73 Å². The molecular formula is C31H41N5O4. The van der Waals surface area contributed by atoms with E-state index in [2.05, 4.69) is 15.6 Å². The third kappa shape index (κ3) is 9.15. The average molecular weight is 548 g/mol. The molecule has 6 N–H and O–H groups in total. The number of benzene rings is 2. The maximum Gasteiger partial charge on any atom is 0.318 e. The molecule has 0 saturated carbocycles. The number of nitrogens with one attached hydrogen (secondary N) is 2. The highest BCUT2D eigenvalue weighted by Crippen LogP contribution is 2.15. The Kier molecular flexibility index (Phi) is 11.6. The fourth-order valence-electron chi connectivity index (χ4n) is 4.48. The number of amides is 3. The number of aliphatic hydroxyl groups is 2. The first-order chi connectivity index (χ1) is 19.2. The van der Waals surface area contributed by atoms with E-state index < -0.39 is 42.3 Å². The lowest BCUT2D eigenvalue weighted by molar-refractivity contribution is -0.126. The quantitative estimate of drug-likeness (QED) is 0.222. The molecule has 3 rings (SSSR count). The van der Waals surface area contributed by atoms with Crippen LogP contribution >= 0.6 is 0 Å². The van der Waals surface area contributed by atoms with Gasteiger partial charge in [-0.15, -0.1) is 0 Å². The van der Waals surface area contributed by atoms with Gasteiger partial charge in [0.1, 0.15) is 12.1 Å². The lowest BCUT2D eigenvalue weighted by atomic mass is 9.91. The van der Waals surface area contributed by atoms with Crippen LogP contribution in [0, 0.1) is 5.92 Å². The van der Waals surface area contributed by atoms with Gasteiger partial charge in [0.05, 0.1) is 24.4 Å². The van der Waals surface area contributed by atoms with Gasteiger partial charge >= 0.3 is 6.03 Å². The van der Waals surface area contributed by atoms with Crippen LogP contribution in [0.5, 0.6) is 0 Å². The first-order valence-electron chi connectivity index (χ1n) is 13.6. The van der Waals surface area contributed by atoms with Crippen LogP contribution < -0.4 is 16.4 Å². The summed E-state index contributed by atoms with van der Waals surface area (Å²) in [5, 5.41) is 27.9. The molecular weight excluding hydrogens is 506 g/mol. The second kappa shape index (κ2) is 15.1. The van der Waals surface area contributed by atoms with Crippen molar-refractivity contribution >= 4 is 11.9 Å². The van der Waals surface area contributed by atoms with Crippen LogP contribution in [0.15, 0.2) is 85.1 Å². The molecule has 3 aromatic rings. The lowest BCUT2D eigenvalue weighted by Crippen LogP contribution is -2.59. The topological polar surface area (TPSA) is 141 Å². The van der Waals surface area contributed by atoms with Gasteiger partial charge in [0.2, 0.25) is 5.91 Å². The van der Waals surface area contributed by atoms with Crippen LogP contribution in [0.25, 0.3) is 0 Å². The van der Waals surface area contributed by atoms with Crippen LogP contribution in [-0.2, 0) is 24.2 Å². The predicted octanol–water partition coefficient (Wildman–Crippen LogP) is 2.27. The molecule has 2 aromatic carbocycles. The second-order valence-electron chi connectivity index (χ2n) is 10.5. The first-order valence-corrected chi connectivity index (χ1v) is 13.6. The Hall–Kier alpha value is -3.79. The molecule has 0 spiro atoms. The molecule has 5 atom stereocenters. The Morgan fingerprint density at radius 2 is 1.43 bits per heavy atom. The largest absolute Gasteiger partial charge is 0.389 e. The van der Waals surface area contributed by atoms with Crippen LogP contribution in [0.1, 0.15) is 30.7 Å². The van der Waals surface area contributed by atoms with Crippen molar-refractivity contribution in [3.63, 3.8) is 0 Å². The van der Waals surface area contributed by atoms with E-state index in [0.29, 0.717) is 6.42 Å². The second-order valence-corrected chi connectivity index (χ2v) is 10.5. The molecule has 0 radical (unpaired) electrons. The van der Waals surface area contributed by atoms with E-state index in [9.17, 15) is 19.8 Å². The number of aromatic nitrogens is 1. The number of hydrogen-bond acceptors (Lipinski definition) is 6. The fourth-order valence-corrected chi connectivity index (χ4v) is 4.48. The highest BCUT2D eigenvalue weighted by Gasteiger charge is 2.34. The van der Waals surface area contributed by atoms with Crippen molar-refractivity contribution in [2.24, 2.45) is 11.7 Å². The summed E-state index contributed by atoms with van der Waals surface area (Å²) in [6.07, 6.45) is -0.368. The van der Waals surface area contributed by atoms with Crippen molar-refractivity contribution in [1.82, 2.24) is 20.5 Å². The number of rotatable bonds is 13. The van der Waals surface area contributed by atoms with E-state index in [1.807, 2.05) is 86.6 Å². The molecule has 0 fully saturated rings. The zero-order valence-corrected chi connectivity index (χ0v) is 23.4. The summed E-state index contributed by atoms with van der Waals surface area (Å²) >= 11 is 0. The van der Waals surface area contributed by atoms with Crippen molar-refractivity contribution in [1.29, 1.82) is 0 Å². The van der Waals surface area contributed by atoms with Crippen molar-refractivity contribution < 1.29 is 19.8 Å². The monoisotopic (exact) mass is 547 g/mol. The smallest absolute Gasteiger partial charge is 0.318 e. The molecule has 0 bridgehead atoms. The van der Waals surface area contributed by atoms with E-state index in [-0.39, 0.29) is 18.9 Å². The van der Waals surface area contributed by atoms with Gasteiger partial charge in [0.25, 0.3) is 0 Å². The minimum atomic E-state index is -1.35. The predicted molar refractivity (Wildman–Crippen MR) is 155 cm³/mol. The molecule has 9 heteroatoms. The Bertz CT molecular complexity index is 1180. The number of nitrogens with zero attached hydrogens (tertiary/aromatic N) is 2. The average Bonchev–Trinajstić information content (AvgIpc) is 2.95. The molecule has 1 heterocycles. The third-order valence-corrected chi connectivity index (χ3v) is 6.84. The summed E-state index contributed by atoms with van der Waals surface area (Å²) in [7, 11) is 1.63. The highest BCUT2D eigenvalue weighted by molar-refractivity contribution is 5.87. The van der Waals surface area contributed by atoms with Gasteiger partial charge in [-0.3, -0.25) is 9.78 Å². The molecule has 9 nitrogen and oxygen atoms in total. The summed E-state index contributed by atoms with van der Waals surface area (Å²) < 4.78 is 0. The fraction of sp³-hybridized carbons (Fsp3) is 0.387. The van der Waals surface area contributed by atoms with E-state index in [1.54, 1.807) is 19.3 Å². The van der Waals surface area contributed by atoms with Crippen molar-refractivity contribution in [3.05, 3.63) is 102 Å². The molecule has 40 heavy (non-hydrogen) atoms. The van der Waals surface area contributed by atoms with Crippen molar-refractivity contribution in [2.75, 3.05) is 7.05 Å². The van der Waals surface area contributed by atoms with E-state index in [1.165, 1.54) is 4.90 Å².